The van der Waals surface area contributed by atoms with Gasteiger partial charge in [0.1, 0.15) is 0 Å². The van der Waals surface area contributed by atoms with Crippen molar-refractivity contribution in [2.24, 2.45) is 10.8 Å². The Labute approximate surface area is 99.4 Å². The molecular formula is C13H26N2O. The zero-order valence-corrected chi connectivity index (χ0v) is 11.2. The maximum Gasteiger partial charge on any atom is 0.227 e. The van der Waals surface area contributed by atoms with E-state index >= 15 is 0 Å². The largest absolute Gasteiger partial charge is 0.355 e. The molecular weight excluding hydrogens is 200 g/mol. The molecule has 3 nitrogen and oxygen atoms in total. The van der Waals surface area contributed by atoms with Gasteiger partial charge in [0.05, 0.1) is 5.41 Å². The van der Waals surface area contributed by atoms with Gasteiger partial charge in [-0.3, -0.25) is 4.79 Å². The predicted octanol–water partition coefficient (Wildman–Crippen LogP) is 1.93. The van der Waals surface area contributed by atoms with Gasteiger partial charge in [-0.2, -0.15) is 0 Å². The van der Waals surface area contributed by atoms with Crippen LogP contribution in [-0.4, -0.2) is 25.5 Å². The second-order valence-electron chi connectivity index (χ2n) is 6.04. The third-order valence-electron chi connectivity index (χ3n) is 3.83. The highest BCUT2D eigenvalue weighted by molar-refractivity contribution is 5.82. The first-order valence-electron chi connectivity index (χ1n) is 6.39. The third-order valence-corrected chi connectivity index (χ3v) is 3.83. The van der Waals surface area contributed by atoms with Crippen LogP contribution in [0.2, 0.25) is 0 Å². The lowest BCUT2D eigenvalue weighted by Gasteiger charge is -2.34. The van der Waals surface area contributed by atoms with Gasteiger partial charge < -0.3 is 10.6 Å². The second-order valence-corrected chi connectivity index (χ2v) is 6.04. The van der Waals surface area contributed by atoms with Crippen molar-refractivity contribution < 1.29 is 4.79 Å². The molecule has 1 atom stereocenters. The molecule has 1 aliphatic rings. The molecule has 0 spiro atoms. The molecule has 0 bridgehead atoms. The highest BCUT2D eigenvalue weighted by Gasteiger charge is 2.34. The molecule has 0 radical (unpaired) electrons. The van der Waals surface area contributed by atoms with E-state index in [1.807, 2.05) is 0 Å². The molecule has 0 aromatic rings. The summed E-state index contributed by atoms with van der Waals surface area (Å²) in [4.78, 5) is 12.1. The Morgan fingerprint density at radius 1 is 1.50 bits per heavy atom. The van der Waals surface area contributed by atoms with Gasteiger partial charge in [0.25, 0.3) is 0 Å². The summed E-state index contributed by atoms with van der Waals surface area (Å²) in [7, 11) is 0. The molecule has 0 aliphatic carbocycles. The van der Waals surface area contributed by atoms with E-state index in [-0.39, 0.29) is 16.7 Å². The fraction of sp³-hybridized carbons (Fsp3) is 0.923. The average Bonchev–Trinajstić information content (AvgIpc) is 2.27. The summed E-state index contributed by atoms with van der Waals surface area (Å²) in [6.07, 6.45) is 3.18. The quantitative estimate of drug-likeness (QED) is 0.769. The van der Waals surface area contributed by atoms with Crippen molar-refractivity contribution in [1.82, 2.24) is 10.6 Å². The molecule has 0 aromatic heterocycles. The van der Waals surface area contributed by atoms with Crippen LogP contribution in [0.15, 0.2) is 0 Å². The first-order valence-corrected chi connectivity index (χ1v) is 6.39. The number of piperidine rings is 1. The summed E-state index contributed by atoms with van der Waals surface area (Å²) in [5.74, 6) is 0.209. The number of amides is 1. The fourth-order valence-corrected chi connectivity index (χ4v) is 1.91. The van der Waals surface area contributed by atoms with Gasteiger partial charge in [0.2, 0.25) is 5.91 Å². The Hall–Kier alpha value is -0.570. The molecule has 0 saturated carbocycles. The minimum absolute atomic E-state index is 0.202. The van der Waals surface area contributed by atoms with Crippen LogP contribution in [0.4, 0.5) is 0 Å². The first kappa shape index (κ1) is 13.5. The summed E-state index contributed by atoms with van der Waals surface area (Å²) < 4.78 is 0. The Morgan fingerprint density at radius 3 is 2.69 bits per heavy atom. The first-order chi connectivity index (χ1) is 7.40. The minimum Gasteiger partial charge on any atom is -0.355 e. The van der Waals surface area contributed by atoms with Crippen molar-refractivity contribution in [2.45, 2.75) is 47.0 Å². The fourth-order valence-electron chi connectivity index (χ4n) is 1.91. The second kappa shape index (κ2) is 5.17. The van der Waals surface area contributed by atoms with E-state index in [2.05, 4.69) is 38.3 Å². The van der Waals surface area contributed by atoms with Gasteiger partial charge in [-0.1, -0.05) is 20.8 Å². The lowest BCUT2D eigenvalue weighted by Crippen LogP contribution is -2.50. The SMILES string of the molecule is CCC(C)(C)CNC(=O)C1(C)CCCNC1. The van der Waals surface area contributed by atoms with Crippen LogP contribution < -0.4 is 10.6 Å². The Morgan fingerprint density at radius 2 is 2.19 bits per heavy atom. The number of hydrogen-bond acceptors (Lipinski definition) is 2. The van der Waals surface area contributed by atoms with Crippen LogP contribution in [0.5, 0.6) is 0 Å². The maximum absolute atomic E-state index is 12.1. The highest BCUT2D eigenvalue weighted by atomic mass is 16.2. The van der Waals surface area contributed by atoms with Crippen molar-refractivity contribution in [2.75, 3.05) is 19.6 Å². The van der Waals surface area contributed by atoms with Crippen molar-refractivity contribution in [3.05, 3.63) is 0 Å². The lowest BCUT2D eigenvalue weighted by molar-refractivity contribution is -0.131. The Bertz CT molecular complexity index is 242. The molecule has 2 N–H and O–H groups in total. The van der Waals surface area contributed by atoms with E-state index in [1.165, 1.54) is 0 Å². The number of hydrogen-bond donors (Lipinski definition) is 2. The van der Waals surface area contributed by atoms with E-state index in [1.54, 1.807) is 0 Å². The van der Waals surface area contributed by atoms with E-state index in [0.717, 1.165) is 38.9 Å². The number of carbonyl (C=O) groups is 1. The van der Waals surface area contributed by atoms with E-state index in [0.29, 0.717) is 0 Å². The molecule has 0 aromatic carbocycles. The van der Waals surface area contributed by atoms with Gasteiger partial charge >= 0.3 is 0 Å². The molecule has 3 heteroatoms. The van der Waals surface area contributed by atoms with E-state index < -0.39 is 0 Å². The summed E-state index contributed by atoms with van der Waals surface area (Å²) in [5.41, 5.74) is -0.00378. The van der Waals surface area contributed by atoms with Crippen molar-refractivity contribution >= 4 is 5.91 Å². The standard InChI is InChI=1S/C13H26N2O/c1-5-12(2,3)9-15-11(16)13(4)7-6-8-14-10-13/h14H,5-10H2,1-4H3,(H,15,16). The van der Waals surface area contributed by atoms with Crippen LogP contribution in [0.1, 0.15) is 47.0 Å². The summed E-state index contributed by atoms with van der Waals surface area (Å²) in [6.45, 7) is 11.2. The van der Waals surface area contributed by atoms with Crippen molar-refractivity contribution in [1.29, 1.82) is 0 Å². The zero-order chi connectivity index (χ0) is 12.2. The molecule has 1 aliphatic heterocycles. The monoisotopic (exact) mass is 226 g/mol. The summed E-state index contributed by atoms with van der Waals surface area (Å²) in [5, 5.41) is 6.41. The van der Waals surface area contributed by atoms with Crippen LogP contribution in [0.3, 0.4) is 0 Å². The predicted molar refractivity (Wildman–Crippen MR) is 67.3 cm³/mol. The van der Waals surface area contributed by atoms with Crippen molar-refractivity contribution in [3.8, 4) is 0 Å². The van der Waals surface area contributed by atoms with Gasteiger partial charge in [0, 0.05) is 13.1 Å². The number of carbonyl (C=O) groups excluding carboxylic acids is 1. The van der Waals surface area contributed by atoms with Gasteiger partial charge in [-0.05, 0) is 38.1 Å². The molecule has 1 heterocycles. The highest BCUT2D eigenvalue weighted by Crippen LogP contribution is 2.26. The molecule has 1 rings (SSSR count). The lowest BCUT2D eigenvalue weighted by atomic mass is 9.81. The van der Waals surface area contributed by atoms with E-state index in [4.69, 9.17) is 0 Å². The Kier molecular flexibility index (Phi) is 4.36. The molecule has 94 valence electrons. The zero-order valence-electron chi connectivity index (χ0n) is 11.2. The van der Waals surface area contributed by atoms with Crippen LogP contribution in [0, 0.1) is 10.8 Å². The molecule has 1 amide bonds. The maximum atomic E-state index is 12.1. The Balaban J connectivity index is 2.45. The number of rotatable bonds is 4. The minimum atomic E-state index is -0.206. The van der Waals surface area contributed by atoms with Gasteiger partial charge in [0.15, 0.2) is 0 Å². The van der Waals surface area contributed by atoms with Crippen LogP contribution in [0.25, 0.3) is 0 Å². The molecule has 1 unspecified atom stereocenters. The van der Waals surface area contributed by atoms with Crippen LogP contribution >= 0.6 is 0 Å². The number of nitrogens with one attached hydrogen (secondary N) is 2. The van der Waals surface area contributed by atoms with Gasteiger partial charge in [-0.25, -0.2) is 0 Å². The van der Waals surface area contributed by atoms with Crippen molar-refractivity contribution in [3.63, 3.8) is 0 Å². The third kappa shape index (κ3) is 3.48. The molecule has 16 heavy (non-hydrogen) atoms. The molecule has 1 fully saturated rings. The van der Waals surface area contributed by atoms with E-state index in [9.17, 15) is 4.79 Å². The summed E-state index contributed by atoms with van der Waals surface area (Å²) >= 11 is 0. The van der Waals surface area contributed by atoms with Crippen LogP contribution in [-0.2, 0) is 4.79 Å². The average molecular weight is 226 g/mol. The van der Waals surface area contributed by atoms with Gasteiger partial charge in [-0.15, -0.1) is 0 Å². The summed E-state index contributed by atoms with van der Waals surface area (Å²) in [6, 6.07) is 0. The normalized spacial score (nSPS) is 26.5. The molecule has 1 saturated heterocycles. The topological polar surface area (TPSA) is 41.1 Å². The smallest absolute Gasteiger partial charge is 0.227 e.